The average molecular weight is 561 g/mol. The molecule has 1 saturated heterocycles. The maximum Gasteiger partial charge on any atom is 0.416 e. The first kappa shape index (κ1) is 28.2. The number of aromatic nitrogens is 3. The molecule has 41 heavy (non-hydrogen) atoms. The van der Waals surface area contributed by atoms with Crippen LogP contribution in [0.4, 0.5) is 24.7 Å². The number of nitrogens with one attached hydrogen (secondary N) is 1. The lowest BCUT2D eigenvalue weighted by Crippen LogP contribution is -2.44. The first-order valence-corrected chi connectivity index (χ1v) is 13.4. The number of carbonyl (C=O) groups is 1. The molecule has 1 aliphatic heterocycles. The molecule has 212 valence electrons. The summed E-state index contributed by atoms with van der Waals surface area (Å²) in [4.78, 5) is 31.1. The van der Waals surface area contributed by atoms with Crippen LogP contribution in [0.2, 0.25) is 0 Å². The van der Waals surface area contributed by atoms with Crippen LogP contribution in [-0.2, 0) is 12.6 Å². The minimum absolute atomic E-state index is 0.0442. The Morgan fingerprint density at radius 2 is 1.76 bits per heavy atom. The SMILES string of the molecule is C[C@H](Cc1cncc(-c2ccc(N3CCN(C)CC3)nc2)n1)c1cccc(NC(=O)c2cccc(C(F)(F)F)c2)c1. The van der Waals surface area contributed by atoms with Gasteiger partial charge in [-0.15, -0.1) is 0 Å². The number of halogens is 3. The van der Waals surface area contributed by atoms with Crippen LogP contribution in [0.3, 0.4) is 0 Å². The Bertz CT molecular complexity index is 1500. The fraction of sp³-hybridized carbons (Fsp3) is 0.290. The molecule has 0 aliphatic carbocycles. The van der Waals surface area contributed by atoms with Crippen molar-refractivity contribution in [2.24, 2.45) is 0 Å². The minimum atomic E-state index is -4.52. The van der Waals surface area contributed by atoms with Gasteiger partial charge in [-0.3, -0.25) is 9.78 Å². The molecular formula is C31H31F3N6O. The summed E-state index contributed by atoms with van der Waals surface area (Å²) in [5.74, 6) is 0.397. The first-order chi connectivity index (χ1) is 19.7. The van der Waals surface area contributed by atoms with Crippen molar-refractivity contribution in [3.05, 3.63) is 102 Å². The molecule has 4 aromatic rings. The lowest BCUT2D eigenvalue weighted by Gasteiger charge is -2.33. The predicted molar refractivity (Wildman–Crippen MR) is 153 cm³/mol. The van der Waals surface area contributed by atoms with E-state index in [1.807, 2.05) is 36.5 Å². The van der Waals surface area contributed by atoms with E-state index in [0.717, 1.165) is 66.6 Å². The second-order valence-electron chi connectivity index (χ2n) is 10.4. The largest absolute Gasteiger partial charge is 0.416 e. The molecule has 3 heterocycles. The molecule has 0 saturated carbocycles. The molecule has 0 bridgehead atoms. The maximum absolute atomic E-state index is 13.0. The molecule has 0 radical (unpaired) electrons. The highest BCUT2D eigenvalue weighted by Crippen LogP contribution is 2.30. The number of alkyl halides is 3. The highest BCUT2D eigenvalue weighted by atomic mass is 19.4. The van der Waals surface area contributed by atoms with E-state index in [-0.39, 0.29) is 11.5 Å². The van der Waals surface area contributed by atoms with E-state index >= 15 is 0 Å². The summed E-state index contributed by atoms with van der Waals surface area (Å²) >= 11 is 0. The number of rotatable bonds is 7. The smallest absolute Gasteiger partial charge is 0.354 e. The third kappa shape index (κ3) is 7.07. The van der Waals surface area contributed by atoms with Crippen molar-refractivity contribution >= 4 is 17.4 Å². The fourth-order valence-corrected chi connectivity index (χ4v) is 4.80. The lowest BCUT2D eigenvalue weighted by molar-refractivity contribution is -0.137. The van der Waals surface area contributed by atoms with Crippen molar-refractivity contribution in [2.75, 3.05) is 43.4 Å². The monoisotopic (exact) mass is 560 g/mol. The Morgan fingerprint density at radius 1 is 0.976 bits per heavy atom. The zero-order valence-corrected chi connectivity index (χ0v) is 22.9. The first-order valence-electron chi connectivity index (χ1n) is 13.4. The second-order valence-corrected chi connectivity index (χ2v) is 10.4. The zero-order valence-electron chi connectivity index (χ0n) is 22.9. The maximum atomic E-state index is 13.0. The van der Waals surface area contributed by atoms with Crippen molar-refractivity contribution in [1.82, 2.24) is 19.9 Å². The van der Waals surface area contributed by atoms with Gasteiger partial charge in [0.2, 0.25) is 0 Å². The van der Waals surface area contributed by atoms with Crippen molar-refractivity contribution < 1.29 is 18.0 Å². The molecule has 1 atom stereocenters. The number of pyridine rings is 1. The van der Waals surface area contributed by atoms with E-state index < -0.39 is 17.6 Å². The number of carbonyl (C=O) groups excluding carboxylic acids is 1. The standard InChI is InChI=1S/C31H31F3N6O/c1-21(22-5-4-8-26(17-22)38-30(41)23-6-3-7-25(16-23)31(32,33)34)15-27-19-35-20-28(37-27)24-9-10-29(36-18-24)40-13-11-39(2)12-14-40/h3-10,16-21H,11-15H2,1-2H3,(H,38,41)/t21-/m1/s1. The van der Waals surface area contributed by atoms with Crippen molar-refractivity contribution in [3.63, 3.8) is 0 Å². The number of benzene rings is 2. The number of nitrogens with zero attached hydrogens (tertiary/aromatic N) is 5. The molecule has 10 heteroatoms. The van der Waals surface area contributed by atoms with E-state index in [0.29, 0.717) is 12.1 Å². The highest BCUT2D eigenvalue weighted by Gasteiger charge is 2.31. The van der Waals surface area contributed by atoms with Crippen molar-refractivity contribution in [2.45, 2.75) is 25.4 Å². The van der Waals surface area contributed by atoms with Gasteiger partial charge in [0, 0.05) is 55.4 Å². The Balaban J connectivity index is 1.24. The summed E-state index contributed by atoms with van der Waals surface area (Å²) < 4.78 is 39.1. The Kier molecular flexibility index (Phi) is 8.30. The normalized spacial score (nSPS) is 15.0. The van der Waals surface area contributed by atoms with Gasteiger partial charge in [0.1, 0.15) is 5.82 Å². The number of anilines is 2. The number of piperazine rings is 1. The van der Waals surface area contributed by atoms with Crippen LogP contribution in [0.1, 0.15) is 40.0 Å². The quantitative estimate of drug-likeness (QED) is 0.303. The number of hydrogen-bond acceptors (Lipinski definition) is 6. The summed E-state index contributed by atoms with van der Waals surface area (Å²) in [6.45, 7) is 5.98. The molecule has 1 amide bonds. The molecule has 0 spiro atoms. The minimum Gasteiger partial charge on any atom is -0.354 e. The molecule has 1 fully saturated rings. The fourth-order valence-electron chi connectivity index (χ4n) is 4.80. The molecule has 5 rings (SSSR count). The Labute approximate surface area is 237 Å². The van der Waals surface area contributed by atoms with Crippen LogP contribution in [0.15, 0.2) is 79.3 Å². The Hall–Kier alpha value is -4.31. The highest BCUT2D eigenvalue weighted by molar-refractivity contribution is 6.04. The predicted octanol–water partition coefficient (Wildman–Crippen LogP) is 5.91. The van der Waals surface area contributed by atoms with Crippen molar-refractivity contribution in [1.29, 1.82) is 0 Å². The molecule has 7 nitrogen and oxygen atoms in total. The van der Waals surface area contributed by atoms with Gasteiger partial charge in [-0.2, -0.15) is 13.2 Å². The molecule has 0 unspecified atom stereocenters. The number of likely N-dealkylation sites (N-methyl/N-ethyl adjacent to an activating group) is 1. The van der Waals surface area contributed by atoms with E-state index in [1.54, 1.807) is 18.5 Å². The van der Waals surface area contributed by atoms with Crippen LogP contribution in [-0.4, -0.2) is 59.0 Å². The molecule has 2 aromatic carbocycles. The van der Waals surface area contributed by atoms with E-state index in [4.69, 9.17) is 4.98 Å². The van der Waals surface area contributed by atoms with Gasteiger partial charge < -0.3 is 15.1 Å². The van der Waals surface area contributed by atoms with E-state index in [1.165, 1.54) is 12.1 Å². The molecular weight excluding hydrogens is 529 g/mol. The zero-order chi connectivity index (χ0) is 29.0. The lowest BCUT2D eigenvalue weighted by atomic mass is 9.96. The molecule has 1 N–H and O–H groups in total. The van der Waals surface area contributed by atoms with E-state index in [2.05, 4.69) is 39.1 Å². The van der Waals surface area contributed by atoms with Gasteiger partial charge in [0.05, 0.1) is 23.1 Å². The van der Waals surface area contributed by atoms with Gasteiger partial charge in [-0.25, -0.2) is 9.97 Å². The third-order valence-corrected chi connectivity index (χ3v) is 7.24. The summed E-state index contributed by atoms with van der Waals surface area (Å²) in [5, 5.41) is 2.71. The number of amides is 1. The van der Waals surface area contributed by atoms with Crippen LogP contribution < -0.4 is 10.2 Å². The molecule has 1 aliphatic rings. The van der Waals surface area contributed by atoms with Crippen LogP contribution >= 0.6 is 0 Å². The second kappa shape index (κ2) is 12.1. The van der Waals surface area contributed by atoms with Gasteiger partial charge in [-0.05, 0) is 67.4 Å². The Morgan fingerprint density at radius 3 is 2.49 bits per heavy atom. The summed E-state index contributed by atoms with van der Waals surface area (Å²) in [6, 6.07) is 15.7. The average Bonchev–Trinajstić information content (AvgIpc) is 2.97. The van der Waals surface area contributed by atoms with Crippen molar-refractivity contribution in [3.8, 4) is 11.3 Å². The van der Waals surface area contributed by atoms with E-state index in [9.17, 15) is 18.0 Å². The third-order valence-electron chi connectivity index (χ3n) is 7.24. The summed E-state index contributed by atoms with van der Waals surface area (Å²) in [5.41, 5.74) is 2.99. The topological polar surface area (TPSA) is 74.2 Å². The van der Waals surface area contributed by atoms with Gasteiger partial charge >= 0.3 is 6.18 Å². The molecule has 2 aromatic heterocycles. The summed E-state index contributed by atoms with van der Waals surface area (Å²) in [7, 11) is 2.12. The van der Waals surface area contributed by atoms with Gasteiger partial charge in [0.25, 0.3) is 5.91 Å². The van der Waals surface area contributed by atoms with Gasteiger partial charge in [-0.1, -0.05) is 25.1 Å². The van der Waals surface area contributed by atoms with Crippen LogP contribution in [0, 0.1) is 0 Å². The summed E-state index contributed by atoms with van der Waals surface area (Å²) in [6.07, 6.45) is 1.40. The van der Waals surface area contributed by atoms with Gasteiger partial charge in [0.15, 0.2) is 0 Å². The number of hydrogen-bond donors (Lipinski definition) is 1. The van der Waals surface area contributed by atoms with Crippen LogP contribution in [0.25, 0.3) is 11.3 Å². The van der Waals surface area contributed by atoms with Crippen LogP contribution in [0.5, 0.6) is 0 Å².